The van der Waals surface area contributed by atoms with Crippen LogP contribution < -0.4 is 5.32 Å². The molecule has 0 aliphatic carbocycles. The molecule has 156 valence electrons. The van der Waals surface area contributed by atoms with E-state index < -0.39 is 30.1 Å². The number of nitrogens with zero attached hydrogens (tertiary/aromatic N) is 3. The van der Waals surface area contributed by atoms with E-state index in [0.717, 1.165) is 17.5 Å². The molecule has 0 saturated heterocycles. The molecule has 0 fully saturated rings. The highest BCUT2D eigenvalue weighted by atomic mass is 79.9. The Bertz CT molecular complexity index is 1130. The molecule has 2 heterocycles. The molecule has 11 heteroatoms. The smallest absolute Gasteiger partial charge is 0.359 e. The van der Waals surface area contributed by atoms with Crippen molar-refractivity contribution in [3.05, 3.63) is 68.5 Å². The first-order chi connectivity index (χ1) is 14.2. The fourth-order valence-electron chi connectivity index (χ4n) is 2.59. The largest absolute Gasteiger partial charge is 0.451 e. The van der Waals surface area contributed by atoms with Gasteiger partial charge in [0.2, 0.25) is 0 Å². The van der Waals surface area contributed by atoms with Crippen molar-refractivity contribution in [2.75, 3.05) is 11.9 Å². The number of pyridine rings is 1. The lowest BCUT2D eigenvalue weighted by Gasteiger charge is -2.10. The van der Waals surface area contributed by atoms with Gasteiger partial charge in [-0.15, -0.1) is 0 Å². The molecule has 0 saturated carbocycles. The molecule has 0 radical (unpaired) electrons. The Hall–Kier alpha value is -2.85. The second kappa shape index (κ2) is 8.88. The van der Waals surface area contributed by atoms with Crippen LogP contribution in [-0.2, 0) is 9.53 Å². The lowest BCUT2D eigenvalue weighted by Crippen LogP contribution is -2.22. The van der Waals surface area contributed by atoms with E-state index in [1.807, 2.05) is 19.9 Å². The predicted molar refractivity (Wildman–Crippen MR) is 109 cm³/mol. The highest BCUT2D eigenvalue weighted by molar-refractivity contribution is 9.10. The number of hydrogen-bond donors (Lipinski definition) is 1. The van der Waals surface area contributed by atoms with E-state index in [1.54, 1.807) is 6.07 Å². The number of rotatable bonds is 5. The summed E-state index contributed by atoms with van der Waals surface area (Å²) in [5.41, 5.74) is 1.08. The van der Waals surface area contributed by atoms with E-state index in [4.69, 9.17) is 16.3 Å². The highest BCUT2D eigenvalue weighted by Gasteiger charge is 2.19. The van der Waals surface area contributed by atoms with E-state index in [-0.39, 0.29) is 20.9 Å². The van der Waals surface area contributed by atoms with Gasteiger partial charge in [-0.3, -0.25) is 4.79 Å². The van der Waals surface area contributed by atoms with E-state index in [2.05, 4.69) is 31.3 Å². The van der Waals surface area contributed by atoms with Crippen LogP contribution in [0, 0.1) is 25.5 Å². The Morgan fingerprint density at radius 3 is 2.60 bits per heavy atom. The van der Waals surface area contributed by atoms with Crippen molar-refractivity contribution in [1.82, 2.24) is 14.8 Å². The summed E-state index contributed by atoms with van der Waals surface area (Å²) in [5, 5.41) is 6.51. The Morgan fingerprint density at radius 2 is 1.97 bits per heavy atom. The molecule has 0 unspecified atom stereocenters. The van der Waals surface area contributed by atoms with Gasteiger partial charge in [0.15, 0.2) is 23.9 Å². The number of esters is 1. The van der Waals surface area contributed by atoms with Gasteiger partial charge in [-0.25, -0.2) is 23.2 Å². The number of ether oxygens (including phenoxy) is 1. The van der Waals surface area contributed by atoms with Gasteiger partial charge in [0, 0.05) is 16.2 Å². The van der Waals surface area contributed by atoms with E-state index >= 15 is 0 Å². The summed E-state index contributed by atoms with van der Waals surface area (Å²) in [6, 6.07) is 6.48. The maximum atomic E-state index is 13.8. The predicted octanol–water partition coefficient (Wildman–Crippen LogP) is 4.37. The third-order valence-corrected chi connectivity index (χ3v) is 4.79. The van der Waals surface area contributed by atoms with Crippen molar-refractivity contribution in [2.45, 2.75) is 13.8 Å². The van der Waals surface area contributed by atoms with Crippen LogP contribution in [0.2, 0.25) is 5.02 Å². The highest BCUT2D eigenvalue weighted by Crippen LogP contribution is 2.27. The summed E-state index contributed by atoms with van der Waals surface area (Å²) in [6.45, 7) is 2.91. The van der Waals surface area contributed by atoms with Crippen LogP contribution >= 0.6 is 27.5 Å². The van der Waals surface area contributed by atoms with Gasteiger partial charge in [-0.05, 0) is 54.0 Å². The Labute approximate surface area is 183 Å². The zero-order chi connectivity index (χ0) is 22.0. The summed E-state index contributed by atoms with van der Waals surface area (Å²) < 4.78 is 33.4. The molecule has 0 aliphatic rings. The Morgan fingerprint density at radius 1 is 1.23 bits per heavy atom. The zero-order valence-electron chi connectivity index (χ0n) is 15.7. The van der Waals surface area contributed by atoms with Gasteiger partial charge in [-0.1, -0.05) is 11.6 Å². The van der Waals surface area contributed by atoms with Crippen molar-refractivity contribution in [1.29, 1.82) is 0 Å². The number of anilines is 1. The summed E-state index contributed by atoms with van der Waals surface area (Å²) in [7, 11) is 0. The van der Waals surface area contributed by atoms with Crippen LogP contribution in [0.25, 0.3) is 5.82 Å². The van der Waals surface area contributed by atoms with Gasteiger partial charge in [0.1, 0.15) is 5.82 Å². The lowest BCUT2D eigenvalue weighted by molar-refractivity contribution is -0.119. The minimum atomic E-state index is -0.983. The fraction of sp³-hybridized carbons (Fsp3) is 0.158. The number of amides is 1. The van der Waals surface area contributed by atoms with Gasteiger partial charge >= 0.3 is 5.97 Å². The third-order valence-electron chi connectivity index (χ3n) is 3.86. The fourth-order valence-corrected chi connectivity index (χ4v) is 3.28. The van der Waals surface area contributed by atoms with Gasteiger partial charge < -0.3 is 10.1 Å². The number of aryl methyl sites for hydroxylation is 2. The molecule has 7 nitrogen and oxygen atoms in total. The molecule has 0 atom stereocenters. The van der Waals surface area contributed by atoms with Gasteiger partial charge in [0.25, 0.3) is 5.91 Å². The van der Waals surface area contributed by atoms with Crippen molar-refractivity contribution >= 4 is 45.1 Å². The van der Waals surface area contributed by atoms with Crippen LogP contribution in [-0.4, -0.2) is 33.2 Å². The minimum Gasteiger partial charge on any atom is -0.451 e. The Balaban J connectivity index is 1.71. The number of nitrogens with one attached hydrogen (secondary N) is 1. The number of benzene rings is 1. The van der Waals surface area contributed by atoms with E-state index in [1.165, 1.54) is 10.7 Å². The molecular weight excluding hydrogens is 486 g/mol. The minimum absolute atomic E-state index is 0.00183. The van der Waals surface area contributed by atoms with Crippen molar-refractivity contribution in [3.63, 3.8) is 0 Å². The van der Waals surface area contributed by atoms with Crippen molar-refractivity contribution < 1.29 is 23.1 Å². The first kappa shape index (κ1) is 21.8. The molecule has 0 spiro atoms. The SMILES string of the molecule is Cc1cc(C)n(-c2ccc(Cl)c(C(=O)OCC(=O)Nc3c(F)cc(F)cc3Br)n2)n1. The monoisotopic (exact) mass is 498 g/mol. The van der Waals surface area contributed by atoms with Gasteiger partial charge in [-0.2, -0.15) is 5.10 Å². The average molecular weight is 500 g/mol. The standard InChI is InChI=1S/C19H14BrClF2N4O3/c1-9-5-10(2)27(26-9)15-4-3-13(21)18(24-15)19(29)30-8-16(28)25-17-12(20)6-11(22)7-14(17)23/h3-7H,8H2,1-2H3,(H,25,28). The summed E-state index contributed by atoms with van der Waals surface area (Å²) >= 11 is 8.99. The number of hydrogen-bond acceptors (Lipinski definition) is 5. The molecule has 0 bridgehead atoms. The molecule has 3 rings (SSSR count). The number of carbonyl (C=O) groups excluding carboxylic acids is 2. The van der Waals surface area contributed by atoms with Crippen LogP contribution in [0.1, 0.15) is 21.9 Å². The van der Waals surface area contributed by atoms with Crippen LogP contribution in [0.15, 0.2) is 34.8 Å². The summed E-state index contributed by atoms with van der Waals surface area (Å²) in [6.07, 6.45) is 0. The number of aromatic nitrogens is 3. The van der Waals surface area contributed by atoms with E-state index in [0.29, 0.717) is 11.9 Å². The normalized spacial score (nSPS) is 10.7. The second-order valence-corrected chi connectivity index (χ2v) is 7.47. The van der Waals surface area contributed by atoms with Crippen LogP contribution in [0.4, 0.5) is 14.5 Å². The van der Waals surface area contributed by atoms with E-state index in [9.17, 15) is 18.4 Å². The molecule has 2 aromatic heterocycles. The molecule has 0 aliphatic heterocycles. The van der Waals surface area contributed by atoms with Crippen LogP contribution in [0.5, 0.6) is 0 Å². The summed E-state index contributed by atoms with van der Waals surface area (Å²) in [4.78, 5) is 28.6. The molecule has 1 aromatic carbocycles. The van der Waals surface area contributed by atoms with Crippen molar-refractivity contribution in [2.24, 2.45) is 0 Å². The van der Waals surface area contributed by atoms with Crippen molar-refractivity contribution in [3.8, 4) is 5.82 Å². The summed E-state index contributed by atoms with van der Waals surface area (Å²) in [5.74, 6) is -3.23. The molecule has 3 aromatic rings. The lowest BCUT2D eigenvalue weighted by atomic mass is 10.3. The number of carbonyl (C=O) groups is 2. The topological polar surface area (TPSA) is 86.1 Å². The first-order valence-corrected chi connectivity index (χ1v) is 9.64. The molecular formula is C19H14BrClF2N4O3. The maximum absolute atomic E-state index is 13.8. The second-order valence-electron chi connectivity index (χ2n) is 6.21. The van der Waals surface area contributed by atoms with Crippen LogP contribution in [0.3, 0.4) is 0 Å². The Kier molecular flexibility index (Phi) is 6.47. The van der Waals surface area contributed by atoms with Gasteiger partial charge in [0.05, 0.1) is 16.4 Å². The quantitative estimate of drug-likeness (QED) is 0.527. The maximum Gasteiger partial charge on any atom is 0.359 e. The molecule has 30 heavy (non-hydrogen) atoms. The first-order valence-electron chi connectivity index (χ1n) is 8.47. The third kappa shape index (κ3) is 4.82. The zero-order valence-corrected chi connectivity index (χ0v) is 18.0. The molecule has 1 N–H and O–H groups in total. The molecule has 1 amide bonds. The number of halogens is 4. The average Bonchev–Trinajstić information content (AvgIpc) is 3.01.